The zero-order chi connectivity index (χ0) is 22.3. The topological polar surface area (TPSA) is 59.0 Å². The lowest BCUT2D eigenvalue weighted by molar-refractivity contribution is -0.129. The molecule has 0 aliphatic carbocycles. The highest BCUT2D eigenvalue weighted by molar-refractivity contribution is 5.96. The third-order valence-electron chi connectivity index (χ3n) is 5.90. The Morgan fingerprint density at radius 2 is 1.58 bits per heavy atom. The molecule has 0 unspecified atom stereocenters. The molecule has 31 heavy (non-hydrogen) atoms. The predicted octanol–water partition coefficient (Wildman–Crippen LogP) is 4.07. The summed E-state index contributed by atoms with van der Waals surface area (Å²) >= 11 is 0. The Bertz CT molecular complexity index is 917. The molecule has 1 aliphatic heterocycles. The lowest BCUT2D eigenvalue weighted by Gasteiger charge is -2.41. The number of piperidine rings is 1. The van der Waals surface area contributed by atoms with Crippen LogP contribution >= 0.6 is 0 Å². The number of rotatable bonds is 8. The van der Waals surface area contributed by atoms with Crippen molar-refractivity contribution in [2.45, 2.75) is 18.9 Å². The van der Waals surface area contributed by atoms with E-state index in [0.717, 1.165) is 35.7 Å². The minimum atomic E-state index is -1.19. The third kappa shape index (κ3) is 5.84. The molecule has 0 spiro atoms. The number of carbonyl (C=O) groups is 1. The van der Waals surface area contributed by atoms with Gasteiger partial charge in [-0.3, -0.25) is 4.79 Å². The monoisotopic (exact) mass is 421 g/mol. The van der Waals surface area contributed by atoms with Crippen molar-refractivity contribution < 1.29 is 19.4 Å². The van der Waals surface area contributed by atoms with Gasteiger partial charge in [0.15, 0.2) is 5.78 Å². The second kappa shape index (κ2) is 10.4. The fraction of sp³-hybridized carbons (Fsp3) is 0.346. The molecule has 0 bridgehead atoms. The SMILES string of the molecule is CCN1CC[C@@](O)(/C=C/c2ccc(OC)cc2)[C@H](C(=O)/C=C/c2ccc(OC)cc2)C1. The molecule has 1 N–H and O–H groups in total. The number of methoxy groups -OCH3 is 2. The molecule has 1 aliphatic rings. The summed E-state index contributed by atoms with van der Waals surface area (Å²) in [6, 6.07) is 15.1. The standard InChI is InChI=1S/C26H31NO4/c1-4-27-18-17-26(29,16-15-21-7-12-23(31-3)13-8-21)24(19-27)25(28)14-9-20-5-10-22(30-2)11-6-20/h5-16,24,29H,4,17-19H2,1-3H3/b14-9+,16-15+/t24-,26-/m0/s1. The van der Waals surface area contributed by atoms with E-state index in [1.165, 1.54) is 0 Å². The van der Waals surface area contributed by atoms with Gasteiger partial charge in [0.25, 0.3) is 0 Å². The zero-order valence-electron chi connectivity index (χ0n) is 18.5. The summed E-state index contributed by atoms with van der Waals surface area (Å²) in [4.78, 5) is 15.3. The van der Waals surface area contributed by atoms with E-state index in [2.05, 4.69) is 11.8 Å². The minimum Gasteiger partial charge on any atom is -0.497 e. The van der Waals surface area contributed by atoms with Crippen molar-refractivity contribution in [2.75, 3.05) is 33.9 Å². The summed E-state index contributed by atoms with van der Waals surface area (Å²) in [5.41, 5.74) is 0.675. The van der Waals surface area contributed by atoms with E-state index in [4.69, 9.17) is 9.47 Å². The Kier molecular flexibility index (Phi) is 7.66. The van der Waals surface area contributed by atoms with Crippen molar-refractivity contribution in [3.63, 3.8) is 0 Å². The van der Waals surface area contributed by atoms with Gasteiger partial charge in [-0.15, -0.1) is 0 Å². The lowest BCUT2D eigenvalue weighted by Crippen LogP contribution is -2.53. The number of hydrogen-bond donors (Lipinski definition) is 1. The summed E-state index contributed by atoms with van der Waals surface area (Å²) in [6.07, 6.45) is 7.55. The molecular formula is C26H31NO4. The van der Waals surface area contributed by atoms with Gasteiger partial charge in [0, 0.05) is 13.1 Å². The summed E-state index contributed by atoms with van der Waals surface area (Å²) in [5, 5.41) is 11.4. The van der Waals surface area contributed by atoms with Crippen LogP contribution in [0.4, 0.5) is 0 Å². The first-order chi connectivity index (χ1) is 15.0. The molecule has 5 nitrogen and oxygen atoms in total. The summed E-state index contributed by atoms with van der Waals surface area (Å²) in [5.74, 6) is 0.956. The second-order valence-corrected chi connectivity index (χ2v) is 7.80. The molecule has 2 aromatic rings. The van der Waals surface area contributed by atoms with E-state index in [9.17, 15) is 9.90 Å². The number of carbonyl (C=O) groups excluding carboxylic acids is 1. The quantitative estimate of drug-likeness (QED) is 0.651. The van der Waals surface area contributed by atoms with Crippen molar-refractivity contribution in [3.05, 3.63) is 71.8 Å². The number of ether oxygens (including phenoxy) is 2. The van der Waals surface area contributed by atoms with Crippen LogP contribution in [0.5, 0.6) is 11.5 Å². The summed E-state index contributed by atoms with van der Waals surface area (Å²) in [7, 11) is 3.25. The van der Waals surface area contributed by atoms with Crippen LogP contribution in [0.2, 0.25) is 0 Å². The summed E-state index contributed by atoms with van der Waals surface area (Å²) in [6.45, 7) is 4.22. The van der Waals surface area contributed by atoms with Gasteiger partial charge in [-0.25, -0.2) is 0 Å². The Hall–Kier alpha value is -2.89. The number of hydrogen-bond acceptors (Lipinski definition) is 5. The van der Waals surface area contributed by atoms with Crippen LogP contribution in [0.15, 0.2) is 60.7 Å². The first kappa shape index (κ1) is 22.8. The van der Waals surface area contributed by atoms with Gasteiger partial charge in [0.05, 0.1) is 25.7 Å². The van der Waals surface area contributed by atoms with Gasteiger partial charge in [-0.2, -0.15) is 0 Å². The van der Waals surface area contributed by atoms with Crippen LogP contribution < -0.4 is 9.47 Å². The molecule has 0 aromatic heterocycles. The molecule has 5 heteroatoms. The molecular weight excluding hydrogens is 390 g/mol. The van der Waals surface area contributed by atoms with Crippen LogP contribution in [0.25, 0.3) is 12.2 Å². The van der Waals surface area contributed by atoms with Crippen LogP contribution in [-0.2, 0) is 4.79 Å². The Labute approximate surface area is 184 Å². The van der Waals surface area contributed by atoms with Crippen molar-refractivity contribution >= 4 is 17.9 Å². The molecule has 0 amide bonds. The fourth-order valence-corrected chi connectivity index (χ4v) is 3.81. The van der Waals surface area contributed by atoms with Crippen LogP contribution in [0.1, 0.15) is 24.5 Å². The van der Waals surface area contributed by atoms with Crippen LogP contribution in [0, 0.1) is 5.92 Å². The van der Waals surface area contributed by atoms with Gasteiger partial charge in [-0.1, -0.05) is 49.4 Å². The van der Waals surface area contributed by atoms with Gasteiger partial charge in [0.1, 0.15) is 11.5 Å². The molecule has 164 valence electrons. The number of likely N-dealkylation sites (tertiary alicyclic amines) is 1. The van der Waals surface area contributed by atoms with Crippen molar-refractivity contribution in [3.8, 4) is 11.5 Å². The minimum absolute atomic E-state index is 0.0733. The molecule has 2 atom stereocenters. The first-order valence-electron chi connectivity index (χ1n) is 10.6. The molecule has 1 heterocycles. The van der Waals surface area contributed by atoms with Crippen LogP contribution in [-0.4, -0.2) is 55.2 Å². The van der Waals surface area contributed by atoms with Gasteiger partial charge in [-0.05, 0) is 54.4 Å². The van der Waals surface area contributed by atoms with Crippen LogP contribution in [0.3, 0.4) is 0 Å². The summed E-state index contributed by atoms with van der Waals surface area (Å²) < 4.78 is 10.4. The smallest absolute Gasteiger partial charge is 0.163 e. The molecule has 0 radical (unpaired) electrons. The van der Waals surface area contributed by atoms with Crippen molar-refractivity contribution in [1.82, 2.24) is 4.90 Å². The fourth-order valence-electron chi connectivity index (χ4n) is 3.81. The van der Waals surface area contributed by atoms with E-state index in [1.54, 1.807) is 32.4 Å². The average molecular weight is 422 g/mol. The predicted molar refractivity (Wildman–Crippen MR) is 124 cm³/mol. The molecule has 3 rings (SSSR count). The molecule has 2 aromatic carbocycles. The Morgan fingerprint density at radius 1 is 1.03 bits per heavy atom. The maximum Gasteiger partial charge on any atom is 0.163 e. The van der Waals surface area contributed by atoms with E-state index >= 15 is 0 Å². The molecule has 1 saturated heterocycles. The number of benzene rings is 2. The van der Waals surface area contributed by atoms with Gasteiger partial charge >= 0.3 is 0 Å². The third-order valence-corrected chi connectivity index (χ3v) is 5.90. The van der Waals surface area contributed by atoms with Crippen molar-refractivity contribution in [2.24, 2.45) is 5.92 Å². The van der Waals surface area contributed by atoms with Gasteiger partial charge in [0.2, 0.25) is 0 Å². The number of nitrogens with zero attached hydrogens (tertiary/aromatic N) is 1. The Balaban J connectivity index is 1.78. The normalized spacial score (nSPS) is 22.1. The number of aliphatic hydroxyl groups is 1. The zero-order valence-corrected chi connectivity index (χ0v) is 18.5. The van der Waals surface area contributed by atoms with E-state index in [0.29, 0.717) is 13.0 Å². The maximum atomic E-state index is 13.1. The van der Waals surface area contributed by atoms with Gasteiger partial charge < -0.3 is 19.5 Å². The largest absolute Gasteiger partial charge is 0.497 e. The number of ketones is 1. The van der Waals surface area contributed by atoms with Crippen molar-refractivity contribution in [1.29, 1.82) is 0 Å². The maximum absolute atomic E-state index is 13.1. The van der Waals surface area contributed by atoms with E-state index in [-0.39, 0.29) is 5.78 Å². The van der Waals surface area contributed by atoms with E-state index < -0.39 is 11.5 Å². The highest BCUT2D eigenvalue weighted by Crippen LogP contribution is 2.32. The average Bonchev–Trinajstić information content (AvgIpc) is 2.82. The second-order valence-electron chi connectivity index (χ2n) is 7.80. The highest BCUT2D eigenvalue weighted by atomic mass is 16.5. The number of allylic oxidation sites excluding steroid dienone is 1. The van der Waals surface area contributed by atoms with E-state index in [1.807, 2.05) is 54.6 Å². The molecule has 0 saturated carbocycles. The first-order valence-corrected chi connectivity index (χ1v) is 10.6. The highest BCUT2D eigenvalue weighted by Gasteiger charge is 2.42. The Morgan fingerprint density at radius 3 is 2.10 bits per heavy atom. The lowest BCUT2D eigenvalue weighted by atomic mass is 9.77. The molecule has 1 fully saturated rings.